The minimum absolute atomic E-state index is 0.0445. The SMILES string of the molecule is COC(=O)CN1CC(C(C)C)N(C)C1=O. The number of carbonyl (C=O) groups is 2. The van der Waals surface area contributed by atoms with E-state index in [9.17, 15) is 9.59 Å². The molecule has 1 rings (SSSR count). The zero-order chi connectivity index (χ0) is 11.6. The van der Waals surface area contributed by atoms with Gasteiger partial charge in [0.15, 0.2) is 0 Å². The highest BCUT2D eigenvalue weighted by Gasteiger charge is 2.36. The van der Waals surface area contributed by atoms with Crippen LogP contribution in [0.5, 0.6) is 0 Å². The van der Waals surface area contributed by atoms with Gasteiger partial charge in [0.05, 0.1) is 13.2 Å². The highest BCUT2D eigenvalue weighted by atomic mass is 16.5. The van der Waals surface area contributed by atoms with Gasteiger partial charge in [-0.25, -0.2) is 4.79 Å². The first-order valence-corrected chi connectivity index (χ1v) is 5.06. The van der Waals surface area contributed by atoms with E-state index in [2.05, 4.69) is 18.6 Å². The average Bonchev–Trinajstić information content (AvgIpc) is 2.46. The van der Waals surface area contributed by atoms with Crippen molar-refractivity contribution in [2.24, 2.45) is 5.92 Å². The van der Waals surface area contributed by atoms with Gasteiger partial charge in [0.1, 0.15) is 6.54 Å². The Kier molecular flexibility index (Phi) is 3.55. The van der Waals surface area contributed by atoms with Crippen molar-refractivity contribution in [3.8, 4) is 0 Å². The molecule has 0 radical (unpaired) electrons. The molecule has 0 spiro atoms. The van der Waals surface area contributed by atoms with E-state index in [1.54, 1.807) is 11.9 Å². The molecule has 86 valence electrons. The van der Waals surface area contributed by atoms with E-state index < -0.39 is 0 Å². The average molecular weight is 214 g/mol. The molecule has 0 aromatic rings. The summed E-state index contributed by atoms with van der Waals surface area (Å²) in [6, 6.07) is 0.0845. The largest absolute Gasteiger partial charge is 0.468 e. The van der Waals surface area contributed by atoms with Gasteiger partial charge >= 0.3 is 12.0 Å². The standard InChI is InChI=1S/C10H18N2O3/c1-7(2)8-5-12(6-9(13)15-4)10(14)11(8)3/h7-8H,5-6H2,1-4H3. The first-order valence-electron chi connectivity index (χ1n) is 5.06. The molecule has 0 aliphatic carbocycles. The lowest BCUT2D eigenvalue weighted by Gasteiger charge is -2.20. The van der Waals surface area contributed by atoms with Crippen LogP contribution >= 0.6 is 0 Å². The Bertz CT molecular complexity index is 265. The van der Waals surface area contributed by atoms with Gasteiger partial charge in [0.2, 0.25) is 0 Å². The fourth-order valence-corrected chi connectivity index (χ4v) is 1.80. The quantitative estimate of drug-likeness (QED) is 0.645. The Hall–Kier alpha value is -1.26. The minimum atomic E-state index is -0.374. The molecular formula is C10H18N2O3. The zero-order valence-corrected chi connectivity index (χ0v) is 9.69. The Morgan fingerprint density at radius 2 is 2.20 bits per heavy atom. The second kappa shape index (κ2) is 4.51. The van der Waals surface area contributed by atoms with Crippen molar-refractivity contribution in [2.45, 2.75) is 19.9 Å². The highest BCUT2D eigenvalue weighted by Crippen LogP contribution is 2.19. The number of hydrogen-bond donors (Lipinski definition) is 0. The first-order chi connectivity index (χ1) is 6.97. The molecule has 5 nitrogen and oxygen atoms in total. The predicted molar refractivity (Wildman–Crippen MR) is 55.4 cm³/mol. The Balaban J connectivity index is 2.63. The summed E-state index contributed by atoms with van der Waals surface area (Å²) < 4.78 is 4.54. The number of methoxy groups -OCH3 is 1. The predicted octanol–water partition coefficient (Wildman–Crippen LogP) is 0.551. The fourth-order valence-electron chi connectivity index (χ4n) is 1.80. The van der Waals surface area contributed by atoms with Crippen molar-refractivity contribution in [3.63, 3.8) is 0 Å². The highest BCUT2D eigenvalue weighted by molar-refractivity contribution is 5.82. The molecule has 2 amide bonds. The van der Waals surface area contributed by atoms with Crippen molar-refractivity contribution < 1.29 is 14.3 Å². The lowest BCUT2D eigenvalue weighted by molar-refractivity contribution is -0.141. The number of amides is 2. The summed E-state index contributed by atoms with van der Waals surface area (Å²) in [5, 5.41) is 0. The number of ether oxygens (including phenoxy) is 1. The Morgan fingerprint density at radius 3 is 2.60 bits per heavy atom. The third-order valence-corrected chi connectivity index (χ3v) is 2.79. The van der Waals surface area contributed by atoms with Crippen LogP contribution in [0.3, 0.4) is 0 Å². The van der Waals surface area contributed by atoms with Crippen LogP contribution < -0.4 is 0 Å². The van der Waals surface area contributed by atoms with Crippen molar-refractivity contribution in [1.29, 1.82) is 0 Å². The molecule has 1 atom stereocenters. The smallest absolute Gasteiger partial charge is 0.325 e. The summed E-state index contributed by atoms with van der Waals surface area (Å²) in [5.41, 5.74) is 0. The maximum absolute atomic E-state index is 11.7. The summed E-state index contributed by atoms with van der Waals surface area (Å²) >= 11 is 0. The van der Waals surface area contributed by atoms with Crippen LogP contribution in [0, 0.1) is 5.92 Å². The lowest BCUT2D eigenvalue weighted by Crippen LogP contribution is -2.35. The maximum atomic E-state index is 11.7. The molecule has 1 heterocycles. The molecule has 0 aromatic heterocycles. The van der Waals surface area contributed by atoms with Gasteiger partial charge in [-0.05, 0) is 5.92 Å². The van der Waals surface area contributed by atoms with E-state index in [0.717, 1.165) is 0 Å². The van der Waals surface area contributed by atoms with Gasteiger partial charge < -0.3 is 14.5 Å². The number of rotatable bonds is 3. The molecule has 0 N–H and O–H groups in total. The molecule has 5 heteroatoms. The number of nitrogens with zero attached hydrogens (tertiary/aromatic N) is 2. The van der Waals surface area contributed by atoms with Crippen LogP contribution in [0.15, 0.2) is 0 Å². The number of likely N-dealkylation sites (N-methyl/N-ethyl adjacent to an activating group) is 1. The molecule has 0 saturated carbocycles. The number of urea groups is 1. The number of carbonyl (C=O) groups excluding carboxylic acids is 2. The van der Waals surface area contributed by atoms with E-state index >= 15 is 0 Å². The minimum Gasteiger partial charge on any atom is -0.468 e. The van der Waals surface area contributed by atoms with Crippen molar-refractivity contribution in [1.82, 2.24) is 9.80 Å². The molecule has 0 bridgehead atoms. The zero-order valence-electron chi connectivity index (χ0n) is 9.69. The molecule has 1 fully saturated rings. The third-order valence-electron chi connectivity index (χ3n) is 2.79. The lowest BCUT2D eigenvalue weighted by atomic mass is 10.0. The van der Waals surface area contributed by atoms with E-state index in [1.165, 1.54) is 12.0 Å². The summed E-state index contributed by atoms with van der Waals surface area (Å²) in [6.07, 6.45) is 0. The van der Waals surface area contributed by atoms with Crippen molar-refractivity contribution in [3.05, 3.63) is 0 Å². The van der Waals surface area contributed by atoms with E-state index in [0.29, 0.717) is 12.5 Å². The van der Waals surface area contributed by atoms with Crippen LogP contribution in [-0.4, -0.2) is 55.1 Å². The molecule has 1 unspecified atom stereocenters. The van der Waals surface area contributed by atoms with Gasteiger partial charge in [-0.3, -0.25) is 4.79 Å². The van der Waals surface area contributed by atoms with Crippen LogP contribution in [0.25, 0.3) is 0 Å². The second-order valence-corrected chi connectivity index (χ2v) is 4.16. The van der Waals surface area contributed by atoms with E-state index in [-0.39, 0.29) is 24.6 Å². The van der Waals surface area contributed by atoms with Gasteiger partial charge in [-0.2, -0.15) is 0 Å². The normalized spacial score (nSPS) is 21.4. The second-order valence-electron chi connectivity index (χ2n) is 4.16. The number of esters is 1. The monoisotopic (exact) mass is 214 g/mol. The maximum Gasteiger partial charge on any atom is 0.325 e. The summed E-state index contributed by atoms with van der Waals surface area (Å²) in [5.74, 6) is 0.0164. The van der Waals surface area contributed by atoms with Gasteiger partial charge in [-0.1, -0.05) is 13.8 Å². The summed E-state index contributed by atoms with van der Waals surface area (Å²) in [7, 11) is 3.09. The molecular weight excluding hydrogens is 196 g/mol. The van der Waals surface area contributed by atoms with Crippen LogP contribution in [-0.2, 0) is 9.53 Å². The van der Waals surface area contributed by atoms with Crippen LogP contribution in [0.1, 0.15) is 13.8 Å². The molecule has 15 heavy (non-hydrogen) atoms. The third kappa shape index (κ3) is 2.40. The summed E-state index contributed by atoms with van der Waals surface area (Å²) in [6.45, 7) is 4.77. The van der Waals surface area contributed by atoms with Crippen LogP contribution in [0.2, 0.25) is 0 Å². The fraction of sp³-hybridized carbons (Fsp3) is 0.800. The van der Waals surface area contributed by atoms with Crippen molar-refractivity contribution >= 4 is 12.0 Å². The topological polar surface area (TPSA) is 49.9 Å². The Morgan fingerprint density at radius 1 is 1.60 bits per heavy atom. The van der Waals surface area contributed by atoms with Gasteiger partial charge in [-0.15, -0.1) is 0 Å². The van der Waals surface area contributed by atoms with Crippen molar-refractivity contribution in [2.75, 3.05) is 27.2 Å². The van der Waals surface area contributed by atoms with E-state index in [4.69, 9.17) is 0 Å². The molecule has 1 aliphatic heterocycles. The molecule has 0 aromatic carbocycles. The van der Waals surface area contributed by atoms with Gasteiger partial charge in [0.25, 0.3) is 0 Å². The summed E-state index contributed by atoms with van der Waals surface area (Å²) in [4.78, 5) is 26.0. The first kappa shape index (κ1) is 11.8. The van der Waals surface area contributed by atoms with Crippen LogP contribution in [0.4, 0.5) is 4.79 Å². The van der Waals surface area contributed by atoms with E-state index in [1.807, 2.05) is 0 Å². The Labute approximate surface area is 90.0 Å². The van der Waals surface area contributed by atoms with Gasteiger partial charge in [0, 0.05) is 13.6 Å². The molecule has 1 saturated heterocycles. The number of hydrogen-bond acceptors (Lipinski definition) is 3. The molecule has 1 aliphatic rings.